The predicted molar refractivity (Wildman–Crippen MR) is 131 cm³/mol. The Kier molecular flexibility index (Phi) is 6.07. The van der Waals surface area contributed by atoms with Gasteiger partial charge < -0.3 is 14.8 Å². The molecule has 6 nitrogen and oxygen atoms in total. The lowest BCUT2D eigenvalue weighted by atomic mass is 9.80. The van der Waals surface area contributed by atoms with Crippen molar-refractivity contribution in [2.75, 3.05) is 13.7 Å². The first-order chi connectivity index (χ1) is 14.9. The van der Waals surface area contributed by atoms with Crippen LogP contribution in [0.2, 0.25) is 0 Å². The quantitative estimate of drug-likeness (QED) is 0.391. The highest BCUT2D eigenvalue weighted by molar-refractivity contribution is 14.1. The second-order valence-electron chi connectivity index (χ2n) is 7.01. The first-order valence-corrected chi connectivity index (χ1v) is 11.5. The first-order valence-electron chi connectivity index (χ1n) is 9.32. The Morgan fingerprint density at radius 1 is 1.19 bits per heavy atom. The number of benzene rings is 2. The molecule has 0 bridgehead atoms. The third-order valence-electron chi connectivity index (χ3n) is 5.29. The minimum absolute atomic E-state index is 0.0613. The second kappa shape index (κ2) is 8.63. The molecule has 0 saturated carbocycles. The number of dihydropyridines is 1. The number of rotatable bonds is 4. The number of methoxy groups -OCH3 is 1. The van der Waals surface area contributed by atoms with Gasteiger partial charge in [0.15, 0.2) is 12.4 Å². The Balaban J connectivity index is 1.92. The van der Waals surface area contributed by atoms with Gasteiger partial charge in [-0.1, -0.05) is 24.3 Å². The fraction of sp³-hybridized carbons (Fsp3) is 0.174. The Bertz CT molecular complexity index is 1220. The van der Waals surface area contributed by atoms with Gasteiger partial charge in [-0.25, -0.2) is 4.79 Å². The van der Waals surface area contributed by atoms with Crippen LogP contribution in [0.3, 0.4) is 0 Å². The summed E-state index contributed by atoms with van der Waals surface area (Å²) in [6.45, 7) is 1.75. The molecular weight excluding hydrogens is 622 g/mol. The third-order valence-corrected chi connectivity index (χ3v) is 6.89. The topological polar surface area (TPSA) is 88.4 Å². The van der Waals surface area contributed by atoms with Crippen LogP contribution in [0.4, 0.5) is 0 Å². The monoisotopic (exact) mass is 638 g/mol. The van der Waals surface area contributed by atoms with Crippen molar-refractivity contribution in [3.63, 3.8) is 0 Å². The lowest BCUT2D eigenvalue weighted by molar-refractivity contribution is -0.136. The minimum atomic E-state index is -0.587. The van der Waals surface area contributed by atoms with Crippen LogP contribution in [0.1, 0.15) is 34.3 Å². The summed E-state index contributed by atoms with van der Waals surface area (Å²) in [7, 11) is 1.33. The van der Waals surface area contributed by atoms with E-state index in [1.54, 1.807) is 6.07 Å². The van der Waals surface area contributed by atoms with Crippen molar-refractivity contribution in [3.8, 4) is 11.8 Å². The van der Waals surface area contributed by atoms with Gasteiger partial charge >= 0.3 is 5.97 Å². The number of hydrogen-bond donors (Lipinski definition) is 1. The van der Waals surface area contributed by atoms with Crippen LogP contribution >= 0.6 is 45.2 Å². The molecule has 4 rings (SSSR count). The minimum Gasteiger partial charge on any atom is -0.477 e. The molecule has 1 N–H and O–H groups in total. The van der Waals surface area contributed by atoms with Crippen molar-refractivity contribution in [1.29, 1.82) is 5.26 Å². The molecule has 1 heterocycles. The zero-order valence-corrected chi connectivity index (χ0v) is 20.9. The summed E-state index contributed by atoms with van der Waals surface area (Å²) >= 11 is 4.29. The zero-order chi connectivity index (χ0) is 22.3. The SMILES string of the molecule is COC(=O)C1=C(C)NC2=C(C(=O)c3ccccc32)[C@H]1c1cc(I)c(OCC#N)c(I)c1. The van der Waals surface area contributed by atoms with Crippen LogP contribution in [-0.4, -0.2) is 25.5 Å². The van der Waals surface area contributed by atoms with Gasteiger partial charge in [0.2, 0.25) is 0 Å². The Labute approximate surface area is 206 Å². The fourth-order valence-electron chi connectivity index (χ4n) is 4.03. The fourth-order valence-corrected chi connectivity index (χ4v) is 6.16. The van der Waals surface area contributed by atoms with E-state index in [0.29, 0.717) is 28.2 Å². The van der Waals surface area contributed by atoms with Gasteiger partial charge in [0, 0.05) is 28.3 Å². The number of ether oxygens (including phenoxy) is 2. The molecule has 0 radical (unpaired) electrons. The molecule has 0 spiro atoms. The van der Waals surface area contributed by atoms with Crippen molar-refractivity contribution in [1.82, 2.24) is 5.32 Å². The molecular formula is C23H16I2N2O4. The van der Waals surface area contributed by atoms with Gasteiger partial charge in [0.05, 0.1) is 25.5 Å². The molecule has 1 atom stereocenters. The maximum Gasteiger partial charge on any atom is 0.336 e. The van der Waals surface area contributed by atoms with Crippen LogP contribution in [0.5, 0.6) is 5.75 Å². The van der Waals surface area contributed by atoms with E-state index in [1.165, 1.54) is 7.11 Å². The van der Waals surface area contributed by atoms with E-state index in [1.807, 2.05) is 43.3 Å². The number of nitrogens with zero attached hydrogens (tertiary/aromatic N) is 1. The van der Waals surface area contributed by atoms with Gasteiger partial charge in [-0.05, 0) is 69.8 Å². The Morgan fingerprint density at radius 2 is 1.84 bits per heavy atom. The predicted octanol–water partition coefficient (Wildman–Crippen LogP) is 4.54. The van der Waals surface area contributed by atoms with Crippen molar-refractivity contribution >= 4 is 62.6 Å². The van der Waals surface area contributed by atoms with Gasteiger partial charge in [-0.15, -0.1) is 0 Å². The maximum atomic E-state index is 13.4. The van der Waals surface area contributed by atoms with Gasteiger partial charge in [0.1, 0.15) is 11.8 Å². The molecule has 1 aliphatic carbocycles. The van der Waals surface area contributed by atoms with E-state index >= 15 is 0 Å². The van der Waals surface area contributed by atoms with Gasteiger partial charge in [-0.3, -0.25) is 4.79 Å². The molecule has 0 saturated heterocycles. The van der Waals surface area contributed by atoms with E-state index in [4.69, 9.17) is 14.7 Å². The molecule has 2 aliphatic rings. The number of nitriles is 1. The molecule has 156 valence electrons. The summed E-state index contributed by atoms with van der Waals surface area (Å²) in [4.78, 5) is 26.2. The van der Waals surface area contributed by atoms with Crippen LogP contribution in [-0.2, 0) is 9.53 Å². The number of allylic oxidation sites excluding steroid dienone is 2. The van der Waals surface area contributed by atoms with Crippen LogP contribution in [0.15, 0.2) is 53.2 Å². The van der Waals surface area contributed by atoms with E-state index in [9.17, 15) is 9.59 Å². The normalized spacial score (nSPS) is 17.0. The molecule has 31 heavy (non-hydrogen) atoms. The van der Waals surface area contributed by atoms with Crippen molar-refractivity contribution in [3.05, 3.63) is 77.1 Å². The molecule has 1 aliphatic heterocycles. The first kappa shape index (κ1) is 21.8. The van der Waals surface area contributed by atoms with E-state index in [0.717, 1.165) is 24.0 Å². The summed E-state index contributed by atoms with van der Waals surface area (Å²) < 4.78 is 12.2. The Morgan fingerprint density at radius 3 is 2.45 bits per heavy atom. The lowest BCUT2D eigenvalue weighted by Crippen LogP contribution is -2.29. The van der Waals surface area contributed by atoms with Crippen molar-refractivity contribution in [2.45, 2.75) is 12.8 Å². The number of hydrogen-bond acceptors (Lipinski definition) is 6. The highest BCUT2D eigenvalue weighted by atomic mass is 127. The van der Waals surface area contributed by atoms with Gasteiger partial charge in [0.25, 0.3) is 0 Å². The number of esters is 1. The lowest BCUT2D eigenvalue weighted by Gasteiger charge is -2.29. The summed E-state index contributed by atoms with van der Waals surface area (Å²) in [5.41, 5.74) is 4.54. The molecule has 8 heteroatoms. The molecule has 0 amide bonds. The average molecular weight is 638 g/mol. The number of nitrogens with one attached hydrogen (secondary N) is 1. The van der Waals surface area contributed by atoms with Crippen LogP contribution < -0.4 is 10.1 Å². The van der Waals surface area contributed by atoms with Crippen molar-refractivity contribution in [2.24, 2.45) is 0 Å². The summed E-state index contributed by atoms with van der Waals surface area (Å²) in [6, 6.07) is 13.2. The molecule has 0 fully saturated rings. The summed E-state index contributed by atoms with van der Waals surface area (Å²) in [5.74, 6) is -0.571. The van der Waals surface area contributed by atoms with E-state index < -0.39 is 11.9 Å². The number of halogens is 2. The highest BCUT2D eigenvalue weighted by Gasteiger charge is 2.43. The standard InChI is InChI=1S/C23H16I2N2O4/c1-11-17(23(29)30-2)18(12-9-15(24)22(16(25)10-12)31-8-7-26)19-20(27-11)13-5-3-4-6-14(13)21(19)28/h3-6,9-10,18,27H,8H2,1-2H3/t18-/m0/s1. The van der Waals surface area contributed by atoms with Gasteiger partial charge in [-0.2, -0.15) is 5.26 Å². The molecule has 0 aromatic heterocycles. The number of ketones is 1. The summed E-state index contributed by atoms with van der Waals surface area (Å²) in [6.07, 6.45) is 0. The third kappa shape index (κ3) is 3.63. The number of carbonyl (C=O) groups is 2. The Hall–Kier alpha value is -2.39. The smallest absolute Gasteiger partial charge is 0.336 e. The van der Waals surface area contributed by atoms with Crippen LogP contribution in [0.25, 0.3) is 5.70 Å². The zero-order valence-electron chi connectivity index (χ0n) is 16.6. The largest absolute Gasteiger partial charge is 0.477 e. The molecule has 2 aromatic carbocycles. The maximum absolute atomic E-state index is 13.4. The van der Waals surface area contributed by atoms with E-state index in [-0.39, 0.29) is 12.4 Å². The second-order valence-corrected chi connectivity index (χ2v) is 9.34. The van der Waals surface area contributed by atoms with Crippen molar-refractivity contribution < 1.29 is 19.1 Å². The summed E-state index contributed by atoms with van der Waals surface area (Å²) in [5, 5.41) is 12.1. The van der Waals surface area contributed by atoms with Crippen LogP contribution in [0, 0.1) is 18.5 Å². The number of fused-ring (bicyclic) bond motifs is 2. The molecule has 2 aromatic rings. The highest BCUT2D eigenvalue weighted by Crippen LogP contribution is 2.47. The number of carbonyl (C=O) groups excluding carboxylic acids is 2. The van der Waals surface area contributed by atoms with E-state index in [2.05, 4.69) is 50.5 Å². The average Bonchev–Trinajstić information content (AvgIpc) is 3.03. The number of Topliss-reactive ketones (excluding diaryl/α,β-unsaturated/α-hetero) is 1. The molecule has 0 unspecified atom stereocenters.